The molecule has 10 bridgehead atoms. The number of phenols is 5. The second-order valence-corrected chi connectivity index (χ2v) is 49.1. The van der Waals surface area contributed by atoms with Crippen LogP contribution in [0.1, 0.15) is 244 Å². The van der Waals surface area contributed by atoms with Crippen molar-refractivity contribution < 1.29 is 112 Å². The van der Waals surface area contributed by atoms with Gasteiger partial charge < -0.3 is 90.7 Å². The molecule has 37 heteroatoms. The average molecular weight is 2070 g/mol. The summed E-state index contributed by atoms with van der Waals surface area (Å²) in [5.41, 5.74) is -4.22. The predicted octanol–water partition coefficient (Wildman–Crippen LogP) is 8.27. The summed E-state index contributed by atoms with van der Waals surface area (Å²) in [6, 6.07) is 24.5. The minimum atomic E-state index is -4.67. The fourth-order valence-electron chi connectivity index (χ4n) is 35.1. The molecule has 27 rings (SSSR count). The largest absolute Gasteiger partial charge is 0.508 e. The number of fused-ring (bicyclic) bond motifs is 5. The number of carbonyl (C=O) groups excluding carboxylic acids is 10. The van der Waals surface area contributed by atoms with Crippen LogP contribution in [-0.2, 0) is 87.9 Å². The number of ketones is 1. The first-order valence-corrected chi connectivity index (χ1v) is 54.8. The molecule has 10 heterocycles. The molecular weight excluding hydrogens is 1930 g/mol. The van der Waals surface area contributed by atoms with Crippen LogP contribution in [-0.4, -0.2) is 363 Å². The number of hydrogen-bond acceptors (Lipinski definition) is 25. The summed E-state index contributed by atoms with van der Waals surface area (Å²) >= 11 is 0. The lowest BCUT2D eigenvalue weighted by molar-refractivity contribution is -0.196. The van der Waals surface area contributed by atoms with Crippen molar-refractivity contribution in [1.82, 2.24) is 69.8 Å². The van der Waals surface area contributed by atoms with E-state index in [0.29, 0.717) is 158 Å². The number of nitrogens with zero attached hydrogens (tertiary/aromatic N) is 11. The van der Waals surface area contributed by atoms with Crippen molar-refractivity contribution in [3.63, 3.8) is 0 Å². The Balaban J connectivity index is 0.000000103. The van der Waals surface area contributed by atoms with Crippen molar-refractivity contribution in [2.24, 2.45) is 11.8 Å². The van der Waals surface area contributed by atoms with Crippen LogP contribution in [0.15, 0.2) is 91.0 Å². The number of halogens is 3. The number of aromatic hydroxyl groups is 5. The molecule has 10 aliphatic heterocycles. The van der Waals surface area contributed by atoms with Gasteiger partial charge in [-0.3, -0.25) is 59.0 Å². The standard InChI is InChI=1S/C24H28F3N3O4.C23H29N3O4.C23H31N3O4.C22H28N2O4.C21H27N3O4/c25-24(26,27)13-30-20(33)28-19(32)22(30)5-6-23(34)18-9-15-3-4-16(31)10-17(15)21(23,12-22)7-8-29(18)11-14-1-2-14;1-25-20(29)24-19(28)22(25)6-7-23(30)18-10-15-4-5-16(27)11-17(15)21(23,13-22)8-9-26(18)12-14-2-3-14;1-4-25-19(28)22(26(5-2)20(25)29)8-9-23(30)18-12-15-6-7-16(27)13-17(15)21(23,14-22)10-11-24(18)3;1-3-24-19(27)12-18(26)21(24)6-7-22(28)17-10-14-4-5-15(25)11-16(14)20(22,13-21)8-9-23(17)2;1-3-24-17(26)20(22-18(24)27)6-7-21(28)16-10-13-4-5-14(25)11-15(13)19(21,12-20)8-9-23(16)2/h3-4,10,14,18,31,34H,1-2,5-9,11-13H2,(H,28,32,33);4-5,11,14,18,27,30H,2-3,6-10,12-13H2,1H3,(H,24,28,29);6-7,13,18,27,30H,4-5,8-12,14H2,1-3H3;4-5,11,17,25,28H,3,6-10,12-13H2,1-2H3;4-5,11,16,25,28H,3,6-10,12H2,1-2H3,(H,22,27)/t3*18-,21-,22+,23-;17-,20-,21+,22-;16-,19-,20+,21-/m11111/s1. The number of carbonyl (C=O) groups is 10. The lowest BCUT2D eigenvalue weighted by atomic mass is 9.46. The van der Waals surface area contributed by atoms with E-state index in [1.807, 2.05) is 58.2 Å². The molecule has 13 N–H and O–H groups in total. The van der Waals surface area contributed by atoms with E-state index in [-0.39, 0.29) is 132 Å². The zero-order chi connectivity index (χ0) is 106. The van der Waals surface area contributed by atoms with Crippen molar-refractivity contribution in [2.45, 2.75) is 339 Å². The van der Waals surface area contributed by atoms with Crippen molar-refractivity contribution in [1.29, 1.82) is 0 Å². The summed E-state index contributed by atoms with van der Waals surface area (Å²) in [5.74, 6) is 0.682. The third-order valence-electron chi connectivity index (χ3n) is 42.9. The third kappa shape index (κ3) is 14.2. The number of phenolic OH excluding ortho intramolecular Hbond substituents is 5. The number of piperidine rings is 5. The summed E-state index contributed by atoms with van der Waals surface area (Å²) in [5, 5.41) is 120. The van der Waals surface area contributed by atoms with E-state index in [0.717, 1.165) is 140 Å². The lowest BCUT2D eigenvalue weighted by Gasteiger charge is -2.66. The van der Waals surface area contributed by atoms with Gasteiger partial charge in [0.25, 0.3) is 23.6 Å². The van der Waals surface area contributed by atoms with E-state index >= 15 is 0 Å². The monoisotopic (exact) mass is 2070 g/mol. The lowest BCUT2D eigenvalue weighted by Crippen LogP contribution is -2.76. The summed E-state index contributed by atoms with van der Waals surface area (Å²) in [7, 11) is 7.85. The maximum Gasteiger partial charge on any atom is 0.406 e. The Hall–Kier alpha value is -10.6. The van der Waals surface area contributed by atoms with E-state index in [1.165, 1.54) is 22.6 Å². The Morgan fingerprint density at radius 3 is 1.07 bits per heavy atom. The molecule has 150 heavy (non-hydrogen) atoms. The molecule has 5 aromatic rings. The highest BCUT2D eigenvalue weighted by atomic mass is 19.4. The molecule has 13 amide bonds. The van der Waals surface area contributed by atoms with E-state index in [2.05, 4.69) is 54.5 Å². The van der Waals surface area contributed by atoms with Gasteiger partial charge in [-0.1, -0.05) is 30.3 Å². The van der Waals surface area contributed by atoms with Crippen LogP contribution in [0.5, 0.6) is 28.7 Å². The van der Waals surface area contributed by atoms with Crippen LogP contribution in [0.25, 0.3) is 0 Å². The first-order valence-electron chi connectivity index (χ1n) is 54.8. The van der Waals surface area contributed by atoms with Gasteiger partial charge in [-0.15, -0.1) is 0 Å². The van der Waals surface area contributed by atoms with Crippen LogP contribution in [0.2, 0.25) is 0 Å². The molecule has 5 spiro atoms. The molecule has 0 unspecified atom stereocenters. The summed E-state index contributed by atoms with van der Waals surface area (Å²) in [6.45, 7) is 13.5. The summed E-state index contributed by atoms with van der Waals surface area (Å²) in [6.07, 6.45) is 12.3. The van der Waals surface area contributed by atoms with Gasteiger partial charge in [0.1, 0.15) is 63.0 Å². The molecule has 22 aliphatic rings. The highest BCUT2D eigenvalue weighted by Gasteiger charge is 2.78. The fraction of sp³-hybridized carbons (Fsp3) is 0.646. The van der Waals surface area contributed by atoms with Crippen molar-refractivity contribution in [3.8, 4) is 28.7 Å². The van der Waals surface area contributed by atoms with Crippen LogP contribution in [0.4, 0.5) is 32.3 Å². The van der Waals surface area contributed by atoms with Crippen LogP contribution in [0.3, 0.4) is 0 Å². The Morgan fingerprint density at radius 1 is 0.353 bits per heavy atom. The smallest absolute Gasteiger partial charge is 0.406 e. The molecule has 17 fully saturated rings. The number of hydrogen-bond donors (Lipinski definition) is 13. The molecule has 10 saturated heterocycles. The molecular formula is C113H143F3N14O20. The second kappa shape index (κ2) is 34.7. The third-order valence-corrected chi connectivity index (χ3v) is 42.9. The molecule has 7 saturated carbocycles. The Labute approximate surface area is 870 Å². The van der Waals surface area contributed by atoms with Crippen molar-refractivity contribution in [3.05, 3.63) is 147 Å². The number of rotatable bonds is 9. The van der Waals surface area contributed by atoms with Gasteiger partial charge >= 0.3 is 30.3 Å². The first kappa shape index (κ1) is 102. The topological polar surface area (TPSA) is 445 Å². The van der Waals surface area contributed by atoms with Gasteiger partial charge in [-0.25, -0.2) is 19.2 Å². The van der Waals surface area contributed by atoms with Gasteiger partial charge in [-0.05, 0) is 396 Å². The van der Waals surface area contributed by atoms with Crippen LogP contribution >= 0.6 is 0 Å². The number of aliphatic hydroxyl groups is 5. The highest BCUT2D eigenvalue weighted by molar-refractivity contribution is 6.11. The maximum atomic E-state index is 13.6. The zero-order valence-corrected chi connectivity index (χ0v) is 87.0. The van der Waals surface area contributed by atoms with E-state index in [9.17, 15) is 112 Å². The number of alkyl halides is 3. The number of likely N-dealkylation sites (N-methyl/N-ethyl adjacent to an activating group) is 8. The van der Waals surface area contributed by atoms with Crippen molar-refractivity contribution >= 4 is 59.4 Å². The maximum absolute atomic E-state index is 13.6. The molecule has 20 atom stereocenters. The predicted molar refractivity (Wildman–Crippen MR) is 539 cm³/mol. The zero-order valence-electron chi connectivity index (χ0n) is 87.0. The molecule has 34 nitrogen and oxygen atoms in total. The quantitative estimate of drug-likeness (QED) is 0.0487. The molecule has 0 radical (unpaired) electrons. The first-order chi connectivity index (χ1) is 71.0. The SMILES string of the molecule is CCN1C(=O)CC(=O)[C@@]12CC[C@@]1(O)[C@H]3Cc4ccc(O)cc4[C@@]1(CCN3C)C2.CCN1C(=O)N(CC)[C@]2(CC[C@@]3(O)[C@H]4Cc5ccc(O)cc5[C@@]3(CCN4C)C2)C1=O.CCN1C(=O)N[C@]2(CC[C@@]3(O)[C@H]4Cc5ccc(O)cc5[C@@]3(CCN4C)C2)C1=O.CN1C(=O)NC(=O)[C@@]12CC[C@@]1(O)[C@H]3Cc4ccc(O)cc4[C@@]1(CCN3CC1CC1)C2.O=C1NC(=O)[C@@]2(CC[C@@]3(O)[C@H]4Cc5ccc(O)cc5[C@@]3(CCN4CC3CC3)C2)N1CC(F)(F)F. The number of likely N-dealkylation sites (tertiary alicyclic amines) is 6. The van der Waals surface area contributed by atoms with Gasteiger partial charge in [0.15, 0.2) is 5.78 Å². The van der Waals surface area contributed by atoms with Crippen LogP contribution < -0.4 is 16.0 Å². The number of benzene rings is 5. The number of nitrogens with one attached hydrogen (secondary N) is 3. The Bertz CT molecular complexity index is 6510. The van der Waals surface area contributed by atoms with Crippen molar-refractivity contribution in [2.75, 3.05) is 107 Å². The fourth-order valence-corrected chi connectivity index (χ4v) is 35.1. The Kier molecular flexibility index (Phi) is 23.7. The number of imide groups is 4. The highest BCUT2D eigenvalue weighted by Crippen LogP contribution is 2.70. The van der Waals surface area contributed by atoms with E-state index in [4.69, 9.17) is 0 Å². The summed E-state index contributed by atoms with van der Waals surface area (Å²) in [4.78, 5) is 149. The minimum absolute atomic E-state index is 0.00136. The number of urea groups is 4. The number of amides is 13. The average Bonchev–Trinajstić information content (AvgIpc) is 1.15. The summed E-state index contributed by atoms with van der Waals surface area (Å²) < 4.78 is 40.4. The molecule has 806 valence electrons. The Morgan fingerprint density at radius 2 is 0.693 bits per heavy atom. The molecule has 0 aromatic heterocycles. The van der Waals surface area contributed by atoms with Crippen LogP contribution in [0, 0.1) is 11.8 Å². The second-order valence-electron chi connectivity index (χ2n) is 49.1. The molecule has 5 aromatic carbocycles. The number of Topliss-reactive ketones (excluding diaryl/α,β-unsaturated/α-hetero) is 1. The van der Waals surface area contributed by atoms with Gasteiger partial charge in [-0.2, -0.15) is 13.2 Å². The molecule has 12 aliphatic carbocycles. The normalized spacial score (nSPS) is 39.1. The van der Waals surface area contributed by atoms with Gasteiger partial charge in [0.2, 0.25) is 5.91 Å². The van der Waals surface area contributed by atoms with Gasteiger partial charge in [0.05, 0.1) is 34.4 Å². The van der Waals surface area contributed by atoms with E-state index in [1.54, 1.807) is 89.3 Å². The minimum Gasteiger partial charge on any atom is -0.508 e. The van der Waals surface area contributed by atoms with Gasteiger partial charge in [0, 0.05) is 104 Å². The van der Waals surface area contributed by atoms with E-state index < -0.39 is 107 Å².